The summed E-state index contributed by atoms with van der Waals surface area (Å²) >= 11 is 7.29. The molecule has 0 radical (unpaired) electrons. The molecule has 0 aliphatic carbocycles. The van der Waals surface area contributed by atoms with Gasteiger partial charge in [0.15, 0.2) is 5.69 Å². The smallest absolute Gasteiger partial charge is 0.272 e. The highest BCUT2D eigenvalue weighted by atomic mass is 35.5. The van der Waals surface area contributed by atoms with E-state index in [0.29, 0.717) is 10.0 Å². The van der Waals surface area contributed by atoms with Crippen molar-refractivity contribution in [3.63, 3.8) is 0 Å². The van der Waals surface area contributed by atoms with Crippen LogP contribution in [-0.4, -0.2) is 10.9 Å². The van der Waals surface area contributed by atoms with Crippen LogP contribution in [0.1, 0.15) is 28.3 Å². The maximum atomic E-state index is 12.0. The predicted octanol–water partition coefficient (Wildman–Crippen LogP) is 2.87. The lowest BCUT2D eigenvalue weighted by molar-refractivity contribution is 0.0936. The molecular formula is C12H12ClN3OS. The lowest BCUT2D eigenvalue weighted by Gasteiger charge is -2.12. The van der Waals surface area contributed by atoms with E-state index in [-0.39, 0.29) is 17.6 Å². The summed E-state index contributed by atoms with van der Waals surface area (Å²) in [6.45, 7) is 1.89. The fraction of sp³-hybridized carbons (Fsp3) is 0.167. The maximum Gasteiger partial charge on any atom is 0.272 e. The number of aromatic nitrogens is 1. The number of amides is 1. The molecule has 3 N–H and O–H groups in total. The summed E-state index contributed by atoms with van der Waals surface area (Å²) in [7, 11) is 0. The Labute approximate surface area is 114 Å². The fourth-order valence-corrected chi connectivity index (χ4v) is 2.57. The van der Waals surface area contributed by atoms with Gasteiger partial charge in [-0.05, 0) is 31.2 Å². The first-order chi connectivity index (χ1) is 8.58. The van der Waals surface area contributed by atoms with Crippen LogP contribution in [-0.2, 0) is 0 Å². The van der Waals surface area contributed by atoms with Crippen molar-refractivity contribution in [2.24, 2.45) is 0 Å². The number of carbonyl (C=O) groups is 1. The Morgan fingerprint density at radius 2 is 2.28 bits per heavy atom. The lowest BCUT2D eigenvalue weighted by atomic mass is 10.2. The highest BCUT2D eigenvalue weighted by Gasteiger charge is 2.15. The molecule has 0 saturated carbocycles. The number of hydrogen-bond donors (Lipinski definition) is 2. The molecule has 1 atom stereocenters. The molecule has 2 heterocycles. The average Bonchev–Trinajstić information content (AvgIpc) is 2.76. The van der Waals surface area contributed by atoms with Crippen molar-refractivity contribution in [2.45, 2.75) is 13.0 Å². The number of hydrogen-bond acceptors (Lipinski definition) is 4. The van der Waals surface area contributed by atoms with E-state index >= 15 is 0 Å². The van der Waals surface area contributed by atoms with Gasteiger partial charge in [0.25, 0.3) is 5.91 Å². The molecule has 1 amide bonds. The predicted molar refractivity (Wildman–Crippen MR) is 73.9 cm³/mol. The van der Waals surface area contributed by atoms with Crippen LogP contribution in [0.4, 0.5) is 5.69 Å². The second-order valence-corrected chi connectivity index (χ2v) is 5.52. The summed E-state index contributed by atoms with van der Waals surface area (Å²) in [4.78, 5) is 16.9. The molecule has 0 fully saturated rings. The first-order valence-electron chi connectivity index (χ1n) is 5.34. The third kappa shape index (κ3) is 2.80. The van der Waals surface area contributed by atoms with Gasteiger partial charge >= 0.3 is 0 Å². The van der Waals surface area contributed by atoms with E-state index in [4.69, 9.17) is 17.3 Å². The topological polar surface area (TPSA) is 68.0 Å². The van der Waals surface area contributed by atoms with Crippen LogP contribution in [0.15, 0.2) is 30.5 Å². The van der Waals surface area contributed by atoms with Gasteiger partial charge in [-0.25, -0.2) is 4.98 Å². The first-order valence-corrected chi connectivity index (χ1v) is 6.54. The van der Waals surface area contributed by atoms with Crippen molar-refractivity contribution in [2.75, 3.05) is 5.73 Å². The molecule has 0 spiro atoms. The van der Waals surface area contributed by atoms with E-state index < -0.39 is 0 Å². The number of nitrogens with zero attached hydrogens (tertiary/aromatic N) is 1. The number of thiophene rings is 1. The molecule has 0 aliphatic rings. The van der Waals surface area contributed by atoms with Crippen molar-refractivity contribution in [3.8, 4) is 0 Å². The molecule has 18 heavy (non-hydrogen) atoms. The van der Waals surface area contributed by atoms with Crippen molar-refractivity contribution >= 4 is 34.5 Å². The summed E-state index contributed by atoms with van der Waals surface area (Å²) in [5, 5.41) is 2.84. The third-order valence-electron chi connectivity index (χ3n) is 2.42. The van der Waals surface area contributed by atoms with Crippen LogP contribution in [0.2, 0.25) is 4.34 Å². The number of carbonyl (C=O) groups excluding carboxylic acids is 1. The van der Waals surface area contributed by atoms with E-state index in [1.54, 1.807) is 18.2 Å². The summed E-state index contributed by atoms with van der Waals surface area (Å²) in [6.07, 6.45) is 1.54. The van der Waals surface area contributed by atoms with Gasteiger partial charge in [-0.3, -0.25) is 4.79 Å². The maximum absolute atomic E-state index is 12.0. The molecule has 94 valence electrons. The zero-order chi connectivity index (χ0) is 13.1. The summed E-state index contributed by atoms with van der Waals surface area (Å²) < 4.78 is 0.698. The van der Waals surface area contributed by atoms with E-state index in [2.05, 4.69) is 10.3 Å². The van der Waals surface area contributed by atoms with Gasteiger partial charge in [-0.15, -0.1) is 11.3 Å². The quantitative estimate of drug-likeness (QED) is 0.909. The van der Waals surface area contributed by atoms with Crippen LogP contribution < -0.4 is 11.1 Å². The van der Waals surface area contributed by atoms with Crippen LogP contribution in [0.5, 0.6) is 0 Å². The van der Waals surface area contributed by atoms with E-state index in [1.165, 1.54) is 17.5 Å². The van der Waals surface area contributed by atoms with Crippen LogP contribution in [0.25, 0.3) is 0 Å². The number of nitrogens with one attached hydrogen (secondary N) is 1. The minimum atomic E-state index is -0.287. The Bertz CT molecular complexity index is 570. The minimum Gasteiger partial charge on any atom is -0.397 e. The Morgan fingerprint density at radius 3 is 2.89 bits per heavy atom. The van der Waals surface area contributed by atoms with Crippen LogP contribution >= 0.6 is 22.9 Å². The summed E-state index contributed by atoms with van der Waals surface area (Å²) in [5.74, 6) is -0.287. The molecule has 0 bridgehead atoms. The standard InChI is InChI=1S/C12H12ClN3OS/c1-7(9-4-5-10(13)18-9)16-12(17)11-8(14)3-2-6-15-11/h2-7H,14H2,1H3,(H,16,17). The number of rotatable bonds is 3. The zero-order valence-corrected chi connectivity index (χ0v) is 11.3. The Kier molecular flexibility index (Phi) is 3.84. The molecule has 0 aromatic carbocycles. The van der Waals surface area contributed by atoms with Gasteiger partial charge in [-0.1, -0.05) is 11.6 Å². The van der Waals surface area contributed by atoms with Gasteiger partial charge in [0.2, 0.25) is 0 Å². The molecule has 1 unspecified atom stereocenters. The van der Waals surface area contributed by atoms with E-state index in [9.17, 15) is 4.79 Å². The molecule has 0 aliphatic heterocycles. The third-order valence-corrected chi connectivity index (χ3v) is 3.84. The lowest BCUT2D eigenvalue weighted by Crippen LogP contribution is -2.27. The number of halogens is 1. The van der Waals surface area contributed by atoms with Crippen LogP contribution in [0, 0.1) is 0 Å². The molecule has 2 rings (SSSR count). The van der Waals surface area contributed by atoms with Gasteiger partial charge < -0.3 is 11.1 Å². The average molecular weight is 282 g/mol. The molecular weight excluding hydrogens is 270 g/mol. The fourth-order valence-electron chi connectivity index (χ4n) is 1.50. The molecule has 4 nitrogen and oxygen atoms in total. The molecule has 2 aromatic rings. The Balaban J connectivity index is 2.10. The molecule has 0 saturated heterocycles. The SMILES string of the molecule is CC(NC(=O)c1ncccc1N)c1ccc(Cl)s1. The first kappa shape index (κ1) is 12.9. The minimum absolute atomic E-state index is 0.128. The van der Waals surface area contributed by atoms with Gasteiger partial charge in [-0.2, -0.15) is 0 Å². The Hall–Kier alpha value is -1.59. The van der Waals surface area contributed by atoms with Crippen molar-refractivity contribution in [1.29, 1.82) is 0 Å². The van der Waals surface area contributed by atoms with Crippen LogP contribution in [0.3, 0.4) is 0 Å². The van der Waals surface area contributed by atoms with Crippen molar-refractivity contribution < 1.29 is 4.79 Å². The second kappa shape index (κ2) is 5.37. The van der Waals surface area contributed by atoms with E-state index in [1.807, 2.05) is 13.0 Å². The number of anilines is 1. The zero-order valence-electron chi connectivity index (χ0n) is 9.68. The van der Waals surface area contributed by atoms with E-state index in [0.717, 1.165) is 4.88 Å². The Morgan fingerprint density at radius 1 is 1.50 bits per heavy atom. The highest BCUT2D eigenvalue weighted by molar-refractivity contribution is 7.16. The monoisotopic (exact) mass is 281 g/mol. The summed E-state index contributed by atoms with van der Waals surface area (Å²) in [5.41, 5.74) is 6.31. The van der Waals surface area contributed by atoms with Crippen molar-refractivity contribution in [1.82, 2.24) is 10.3 Å². The number of nitrogens with two attached hydrogens (primary N) is 1. The van der Waals surface area contributed by atoms with Gasteiger partial charge in [0.05, 0.1) is 16.1 Å². The number of pyridine rings is 1. The number of nitrogen functional groups attached to an aromatic ring is 1. The van der Waals surface area contributed by atoms with Gasteiger partial charge in [0, 0.05) is 11.1 Å². The van der Waals surface area contributed by atoms with Gasteiger partial charge in [0.1, 0.15) is 0 Å². The summed E-state index contributed by atoms with van der Waals surface area (Å²) in [6, 6.07) is 6.90. The molecule has 2 aromatic heterocycles. The second-order valence-electron chi connectivity index (χ2n) is 3.78. The van der Waals surface area contributed by atoms with Crippen molar-refractivity contribution in [3.05, 3.63) is 45.4 Å². The normalized spacial score (nSPS) is 12.1. The molecule has 6 heteroatoms. The highest BCUT2D eigenvalue weighted by Crippen LogP contribution is 2.26. The largest absolute Gasteiger partial charge is 0.397 e.